The molecule has 4 heteroatoms. The van der Waals surface area contributed by atoms with Gasteiger partial charge in [-0.3, -0.25) is 4.79 Å². The summed E-state index contributed by atoms with van der Waals surface area (Å²) >= 11 is 0. The van der Waals surface area contributed by atoms with E-state index in [-0.39, 0.29) is 12.2 Å². The first-order valence-electron chi connectivity index (χ1n) is 6.90. The highest BCUT2D eigenvalue weighted by atomic mass is 16.5. The van der Waals surface area contributed by atoms with E-state index in [1.807, 2.05) is 13.8 Å². The van der Waals surface area contributed by atoms with Gasteiger partial charge in [0.05, 0.1) is 28.9 Å². The van der Waals surface area contributed by atoms with E-state index in [4.69, 9.17) is 4.74 Å². The second kappa shape index (κ2) is 5.09. The molecule has 1 aromatic rings. The minimum atomic E-state index is -1.23. The summed E-state index contributed by atoms with van der Waals surface area (Å²) in [5, 5.41) is 11.0. The largest absolute Gasteiger partial charge is 0.493 e. The van der Waals surface area contributed by atoms with Crippen molar-refractivity contribution in [2.24, 2.45) is 5.41 Å². The highest BCUT2D eigenvalue weighted by molar-refractivity contribution is 5.35. The van der Waals surface area contributed by atoms with Gasteiger partial charge in [0.15, 0.2) is 0 Å². The molecule has 2 heterocycles. The lowest BCUT2D eigenvalue weighted by atomic mass is 9.70. The normalized spacial score (nSPS) is 23.4. The summed E-state index contributed by atoms with van der Waals surface area (Å²) in [6, 6.07) is 1.78. The van der Waals surface area contributed by atoms with Gasteiger partial charge in [0, 0.05) is 6.20 Å². The molecule has 0 saturated carbocycles. The lowest BCUT2D eigenvalue weighted by Crippen LogP contribution is -2.41. The summed E-state index contributed by atoms with van der Waals surface area (Å²) in [4.78, 5) is 12.6. The molecule has 1 aliphatic heterocycles. The average molecular weight is 287 g/mol. The van der Waals surface area contributed by atoms with E-state index in [0.717, 1.165) is 0 Å². The van der Waals surface area contributed by atoms with Crippen LogP contribution in [0.1, 0.15) is 38.8 Å². The number of hydrogen-bond donors (Lipinski definition) is 1. The molecule has 0 fully saturated rings. The molecule has 0 radical (unpaired) electrons. The van der Waals surface area contributed by atoms with Crippen LogP contribution in [0.5, 0.6) is 0 Å². The molecule has 1 aliphatic rings. The SMILES string of the molecule is C=C1OCc2c(ccn(CC#CC)c2=O)C(C)(O)C1(C)C. The monoisotopic (exact) mass is 287 g/mol. The van der Waals surface area contributed by atoms with E-state index in [2.05, 4.69) is 18.4 Å². The molecule has 1 N–H and O–H groups in total. The molecule has 0 aliphatic carbocycles. The zero-order valence-electron chi connectivity index (χ0n) is 13.0. The maximum absolute atomic E-state index is 12.6. The molecular formula is C17H21NO3. The van der Waals surface area contributed by atoms with Crippen LogP contribution in [0.2, 0.25) is 0 Å². The molecule has 1 aromatic heterocycles. The van der Waals surface area contributed by atoms with Gasteiger partial charge in [0.2, 0.25) is 0 Å². The van der Waals surface area contributed by atoms with Gasteiger partial charge in [-0.25, -0.2) is 0 Å². The molecule has 4 nitrogen and oxygen atoms in total. The molecule has 21 heavy (non-hydrogen) atoms. The number of nitrogens with zero attached hydrogens (tertiary/aromatic N) is 1. The van der Waals surface area contributed by atoms with Crippen LogP contribution in [0.15, 0.2) is 29.4 Å². The minimum Gasteiger partial charge on any atom is -0.493 e. The number of aliphatic hydroxyl groups is 1. The molecular weight excluding hydrogens is 266 g/mol. The zero-order chi connectivity index (χ0) is 15.8. The van der Waals surface area contributed by atoms with Gasteiger partial charge < -0.3 is 14.4 Å². The van der Waals surface area contributed by atoms with Gasteiger partial charge in [-0.05, 0) is 39.3 Å². The van der Waals surface area contributed by atoms with Crippen molar-refractivity contribution in [2.75, 3.05) is 0 Å². The fraction of sp³-hybridized carbons (Fsp3) is 0.471. The number of pyridine rings is 1. The Bertz CT molecular complexity index is 699. The first kappa shape index (κ1) is 15.4. The summed E-state index contributed by atoms with van der Waals surface area (Å²) in [6.45, 7) is 11.5. The summed E-state index contributed by atoms with van der Waals surface area (Å²) in [7, 11) is 0. The Balaban J connectivity index is 2.66. The lowest BCUT2D eigenvalue weighted by Gasteiger charge is -2.39. The highest BCUT2D eigenvalue weighted by Gasteiger charge is 2.47. The van der Waals surface area contributed by atoms with Crippen molar-refractivity contribution in [3.63, 3.8) is 0 Å². The van der Waals surface area contributed by atoms with E-state index in [0.29, 0.717) is 23.4 Å². The second-order valence-electron chi connectivity index (χ2n) is 5.98. The van der Waals surface area contributed by atoms with Crippen LogP contribution < -0.4 is 5.56 Å². The number of hydrogen-bond acceptors (Lipinski definition) is 3. The van der Waals surface area contributed by atoms with Crippen molar-refractivity contribution in [3.8, 4) is 11.8 Å². The molecule has 112 valence electrons. The summed E-state index contributed by atoms with van der Waals surface area (Å²) < 4.78 is 7.14. The van der Waals surface area contributed by atoms with Gasteiger partial charge >= 0.3 is 0 Å². The average Bonchev–Trinajstić information content (AvgIpc) is 2.48. The molecule has 0 aromatic carbocycles. The van der Waals surface area contributed by atoms with E-state index >= 15 is 0 Å². The maximum Gasteiger partial charge on any atom is 0.258 e. The Hall–Kier alpha value is -1.99. The van der Waals surface area contributed by atoms with E-state index in [9.17, 15) is 9.90 Å². The predicted octanol–water partition coefficient (Wildman–Crippen LogP) is 2.15. The van der Waals surface area contributed by atoms with Gasteiger partial charge in [0.1, 0.15) is 6.61 Å². The molecule has 0 amide bonds. The van der Waals surface area contributed by atoms with Crippen LogP contribution in [-0.4, -0.2) is 9.67 Å². The van der Waals surface area contributed by atoms with Crippen molar-refractivity contribution < 1.29 is 9.84 Å². The standard InChI is InChI=1S/C17H21NO3/c1-6-7-9-18-10-8-14-13(15(18)19)11-21-12(2)16(3,4)17(14,5)20/h8,10,20H,2,9,11H2,1,3-5H3. The Kier molecular flexibility index (Phi) is 3.73. The Morgan fingerprint density at radius 1 is 1.48 bits per heavy atom. The third-order valence-electron chi connectivity index (χ3n) is 4.52. The quantitative estimate of drug-likeness (QED) is 0.805. The molecule has 2 rings (SSSR count). The highest BCUT2D eigenvalue weighted by Crippen LogP contribution is 2.47. The Morgan fingerprint density at radius 2 is 2.14 bits per heavy atom. The van der Waals surface area contributed by atoms with E-state index in [1.54, 1.807) is 26.1 Å². The second-order valence-corrected chi connectivity index (χ2v) is 5.98. The summed E-state index contributed by atoms with van der Waals surface area (Å²) in [5.74, 6) is 6.11. The molecule has 0 bridgehead atoms. The third-order valence-corrected chi connectivity index (χ3v) is 4.52. The summed E-state index contributed by atoms with van der Waals surface area (Å²) in [5.41, 5.74) is -1.05. The maximum atomic E-state index is 12.6. The van der Waals surface area contributed by atoms with Crippen molar-refractivity contribution in [2.45, 2.75) is 46.4 Å². The van der Waals surface area contributed by atoms with E-state index < -0.39 is 11.0 Å². The zero-order valence-corrected chi connectivity index (χ0v) is 13.0. The Labute approximate surface area is 125 Å². The summed E-state index contributed by atoms with van der Waals surface area (Å²) in [6.07, 6.45) is 1.67. The molecule has 1 atom stereocenters. The van der Waals surface area contributed by atoms with Crippen molar-refractivity contribution in [1.29, 1.82) is 0 Å². The van der Waals surface area contributed by atoms with Crippen LogP contribution in [0.3, 0.4) is 0 Å². The minimum absolute atomic E-state index is 0.118. The van der Waals surface area contributed by atoms with Crippen LogP contribution in [0, 0.1) is 17.3 Å². The van der Waals surface area contributed by atoms with Gasteiger partial charge in [-0.1, -0.05) is 12.5 Å². The van der Waals surface area contributed by atoms with E-state index in [1.165, 1.54) is 4.57 Å². The topological polar surface area (TPSA) is 51.5 Å². The lowest BCUT2D eigenvalue weighted by molar-refractivity contribution is -0.0568. The van der Waals surface area contributed by atoms with Crippen LogP contribution in [-0.2, 0) is 23.5 Å². The number of rotatable bonds is 1. The molecule has 0 saturated heterocycles. The fourth-order valence-corrected chi connectivity index (χ4v) is 2.45. The number of ether oxygens (including phenoxy) is 1. The van der Waals surface area contributed by atoms with Gasteiger partial charge in [-0.15, -0.1) is 5.92 Å². The van der Waals surface area contributed by atoms with Crippen molar-refractivity contribution >= 4 is 0 Å². The first-order valence-corrected chi connectivity index (χ1v) is 6.90. The van der Waals surface area contributed by atoms with Crippen molar-refractivity contribution in [1.82, 2.24) is 4.57 Å². The van der Waals surface area contributed by atoms with Crippen LogP contribution >= 0.6 is 0 Å². The predicted molar refractivity (Wildman–Crippen MR) is 81.4 cm³/mol. The van der Waals surface area contributed by atoms with Crippen LogP contribution in [0.4, 0.5) is 0 Å². The van der Waals surface area contributed by atoms with Crippen LogP contribution in [0.25, 0.3) is 0 Å². The third kappa shape index (κ3) is 2.28. The fourth-order valence-electron chi connectivity index (χ4n) is 2.45. The van der Waals surface area contributed by atoms with Gasteiger partial charge in [0.25, 0.3) is 5.56 Å². The van der Waals surface area contributed by atoms with Gasteiger partial charge in [-0.2, -0.15) is 0 Å². The molecule has 0 spiro atoms. The van der Waals surface area contributed by atoms with Crippen molar-refractivity contribution in [3.05, 3.63) is 46.1 Å². The molecule has 1 unspecified atom stereocenters. The number of aromatic nitrogens is 1. The first-order chi connectivity index (χ1) is 9.73. The smallest absolute Gasteiger partial charge is 0.258 e. The Morgan fingerprint density at radius 3 is 2.76 bits per heavy atom. The number of fused-ring (bicyclic) bond motifs is 1.